The summed E-state index contributed by atoms with van der Waals surface area (Å²) >= 11 is 5.96. The van der Waals surface area contributed by atoms with Gasteiger partial charge in [-0.1, -0.05) is 35.4 Å². The molecule has 3 rings (SSSR count). The van der Waals surface area contributed by atoms with Crippen LogP contribution in [-0.2, 0) is 4.79 Å². The van der Waals surface area contributed by atoms with Crippen molar-refractivity contribution in [2.24, 2.45) is 5.41 Å². The molecule has 0 radical (unpaired) electrons. The van der Waals surface area contributed by atoms with Gasteiger partial charge in [-0.25, -0.2) is 0 Å². The SMILES string of the molecule is CN(C)CC[C@@]1(C2=CCCC2)CC/C(=C\c2ccc(Cl)cc2)C1=O. The zero-order valence-electron chi connectivity index (χ0n) is 14.6. The molecule has 0 aromatic heterocycles. The van der Waals surface area contributed by atoms with E-state index in [1.807, 2.05) is 24.3 Å². The number of carbonyl (C=O) groups excluding carboxylic acids is 1. The number of hydrogen-bond donors (Lipinski definition) is 0. The van der Waals surface area contributed by atoms with Gasteiger partial charge in [0.2, 0.25) is 0 Å². The van der Waals surface area contributed by atoms with Crippen LogP contribution in [0, 0.1) is 5.41 Å². The quantitative estimate of drug-likeness (QED) is 0.545. The molecule has 0 amide bonds. The Morgan fingerprint density at radius 3 is 2.58 bits per heavy atom. The summed E-state index contributed by atoms with van der Waals surface area (Å²) in [4.78, 5) is 15.5. The maximum Gasteiger partial charge on any atom is 0.169 e. The lowest BCUT2D eigenvalue weighted by atomic mass is 9.74. The Hall–Kier alpha value is -1.38. The van der Waals surface area contributed by atoms with Crippen LogP contribution in [0.25, 0.3) is 6.08 Å². The summed E-state index contributed by atoms with van der Waals surface area (Å²) in [6.45, 7) is 0.956. The topological polar surface area (TPSA) is 20.3 Å². The standard InChI is InChI=1S/C21H26ClNO/c1-23(2)14-13-21(18-5-3-4-6-18)12-11-17(20(21)24)15-16-7-9-19(22)10-8-16/h5,7-10,15H,3-4,6,11-14H2,1-2H3/b17-15+/t21-/m1/s1. The molecule has 128 valence electrons. The van der Waals surface area contributed by atoms with E-state index in [-0.39, 0.29) is 5.41 Å². The van der Waals surface area contributed by atoms with Crippen LogP contribution in [0.5, 0.6) is 0 Å². The van der Waals surface area contributed by atoms with Crippen molar-refractivity contribution in [1.29, 1.82) is 0 Å². The first-order valence-corrected chi connectivity index (χ1v) is 9.24. The van der Waals surface area contributed by atoms with Crippen LogP contribution in [0.1, 0.15) is 44.1 Å². The van der Waals surface area contributed by atoms with Gasteiger partial charge in [-0.15, -0.1) is 0 Å². The lowest BCUT2D eigenvalue weighted by Crippen LogP contribution is -2.32. The summed E-state index contributed by atoms with van der Waals surface area (Å²) in [6.07, 6.45) is 10.6. The molecule has 0 spiro atoms. The molecule has 0 saturated heterocycles. The number of benzene rings is 1. The van der Waals surface area contributed by atoms with Crippen LogP contribution in [-0.4, -0.2) is 31.3 Å². The lowest BCUT2D eigenvalue weighted by Gasteiger charge is -2.30. The Bertz CT molecular complexity index is 672. The van der Waals surface area contributed by atoms with Crippen molar-refractivity contribution in [3.05, 3.63) is 52.1 Å². The van der Waals surface area contributed by atoms with Crippen molar-refractivity contribution in [3.8, 4) is 0 Å². The first-order valence-electron chi connectivity index (χ1n) is 8.86. The van der Waals surface area contributed by atoms with Crippen molar-refractivity contribution >= 4 is 23.5 Å². The predicted octanol–water partition coefficient (Wildman–Crippen LogP) is 5.13. The third kappa shape index (κ3) is 3.50. The van der Waals surface area contributed by atoms with Gasteiger partial charge < -0.3 is 4.90 Å². The van der Waals surface area contributed by atoms with Gasteiger partial charge >= 0.3 is 0 Å². The number of halogens is 1. The number of hydrogen-bond acceptors (Lipinski definition) is 2. The molecule has 1 fully saturated rings. The normalized spacial score (nSPS) is 25.8. The molecule has 24 heavy (non-hydrogen) atoms. The average Bonchev–Trinajstić information content (AvgIpc) is 3.19. The number of nitrogens with zero attached hydrogens (tertiary/aromatic N) is 1. The van der Waals surface area contributed by atoms with Crippen molar-refractivity contribution in [1.82, 2.24) is 4.90 Å². The molecule has 0 unspecified atom stereocenters. The van der Waals surface area contributed by atoms with Crippen LogP contribution < -0.4 is 0 Å². The van der Waals surface area contributed by atoms with Crippen molar-refractivity contribution < 1.29 is 4.79 Å². The number of ketones is 1. The molecule has 1 aromatic rings. The number of allylic oxidation sites excluding steroid dienone is 3. The third-order valence-electron chi connectivity index (χ3n) is 5.40. The minimum atomic E-state index is -0.251. The molecule has 3 heteroatoms. The lowest BCUT2D eigenvalue weighted by molar-refractivity contribution is -0.121. The Morgan fingerprint density at radius 1 is 1.21 bits per heavy atom. The maximum absolute atomic E-state index is 13.3. The van der Waals surface area contributed by atoms with E-state index in [1.54, 1.807) is 0 Å². The number of rotatable bonds is 5. The van der Waals surface area contributed by atoms with E-state index >= 15 is 0 Å². The van der Waals surface area contributed by atoms with Crippen LogP contribution in [0.15, 0.2) is 41.5 Å². The number of Topliss-reactive ketones (excluding diaryl/α,β-unsaturated/α-hetero) is 1. The summed E-state index contributed by atoms with van der Waals surface area (Å²) in [5, 5.41) is 0.728. The number of carbonyl (C=O) groups is 1. The summed E-state index contributed by atoms with van der Waals surface area (Å²) in [6, 6.07) is 7.73. The zero-order chi connectivity index (χ0) is 17.2. The molecule has 2 aliphatic carbocycles. The molecule has 1 aromatic carbocycles. The van der Waals surface area contributed by atoms with Crippen molar-refractivity contribution in [2.45, 2.75) is 38.5 Å². The largest absolute Gasteiger partial charge is 0.309 e. The first kappa shape index (κ1) is 17.4. The fourth-order valence-corrected chi connectivity index (χ4v) is 4.13. The molecular weight excluding hydrogens is 318 g/mol. The van der Waals surface area contributed by atoms with Gasteiger partial charge in [0.1, 0.15) is 0 Å². The zero-order valence-corrected chi connectivity index (χ0v) is 15.4. The van der Waals surface area contributed by atoms with Gasteiger partial charge in [-0.3, -0.25) is 4.79 Å². The minimum absolute atomic E-state index is 0.251. The third-order valence-corrected chi connectivity index (χ3v) is 5.65. The van der Waals surface area contributed by atoms with Crippen LogP contribution >= 0.6 is 11.6 Å². The van der Waals surface area contributed by atoms with E-state index in [4.69, 9.17) is 11.6 Å². The van der Waals surface area contributed by atoms with Crippen molar-refractivity contribution in [2.75, 3.05) is 20.6 Å². The monoisotopic (exact) mass is 343 g/mol. The predicted molar refractivity (Wildman–Crippen MR) is 101 cm³/mol. The highest BCUT2D eigenvalue weighted by Gasteiger charge is 2.47. The molecule has 0 heterocycles. The molecule has 1 atom stereocenters. The molecule has 2 nitrogen and oxygen atoms in total. The summed E-state index contributed by atoms with van der Waals surface area (Å²) < 4.78 is 0. The van der Waals surface area contributed by atoms with E-state index in [2.05, 4.69) is 31.1 Å². The summed E-state index contributed by atoms with van der Waals surface area (Å²) in [5.74, 6) is 0.354. The first-order chi connectivity index (χ1) is 11.5. The second-order valence-corrected chi connectivity index (χ2v) is 7.74. The fourth-order valence-electron chi connectivity index (χ4n) is 4.01. The highest BCUT2D eigenvalue weighted by atomic mass is 35.5. The van der Waals surface area contributed by atoms with Gasteiger partial charge in [0, 0.05) is 5.02 Å². The van der Waals surface area contributed by atoms with Gasteiger partial charge in [-0.2, -0.15) is 0 Å². The molecule has 0 N–H and O–H groups in total. The summed E-state index contributed by atoms with van der Waals surface area (Å²) in [5.41, 5.74) is 3.18. The Morgan fingerprint density at radius 2 is 1.96 bits per heavy atom. The second kappa shape index (κ2) is 7.25. The molecule has 0 bridgehead atoms. The Kier molecular flexibility index (Phi) is 5.27. The molecule has 0 aliphatic heterocycles. The van der Waals surface area contributed by atoms with Crippen LogP contribution in [0.4, 0.5) is 0 Å². The van der Waals surface area contributed by atoms with E-state index in [1.165, 1.54) is 12.0 Å². The highest BCUT2D eigenvalue weighted by Crippen LogP contribution is 2.50. The Labute approximate surface area is 150 Å². The highest BCUT2D eigenvalue weighted by molar-refractivity contribution is 6.30. The maximum atomic E-state index is 13.3. The molecule has 2 aliphatic rings. The van der Waals surface area contributed by atoms with Crippen molar-refractivity contribution in [3.63, 3.8) is 0 Å². The van der Waals surface area contributed by atoms with E-state index in [9.17, 15) is 4.79 Å². The minimum Gasteiger partial charge on any atom is -0.309 e. The van der Waals surface area contributed by atoms with Crippen LogP contribution in [0.3, 0.4) is 0 Å². The fraction of sp³-hybridized carbons (Fsp3) is 0.476. The second-order valence-electron chi connectivity index (χ2n) is 7.31. The van der Waals surface area contributed by atoms with Gasteiger partial charge in [0.25, 0.3) is 0 Å². The van der Waals surface area contributed by atoms with E-state index in [0.717, 1.165) is 54.8 Å². The van der Waals surface area contributed by atoms with Gasteiger partial charge in [0.05, 0.1) is 5.41 Å². The molecule has 1 saturated carbocycles. The average molecular weight is 344 g/mol. The Balaban J connectivity index is 1.88. The smallest absolute Gasteiger partial charge is 0.169 e. The van der Waals surface area contributed by atoms with Gasteiger partial charge in [0.15, 0.2) is 5.78 Å². The van der Waals surface area contributed by atoms with E-state index < -0.39 is 0 Å². The summed E-state index contributed by atoms with van der Waals surface area (Å²) in [7, 11) is 4.17. The van der Waals surface area contributed by atoms with Crippen LogP contribution in [0.2, 0.25) is 5.02 Å². The van der Waals surface area contributed by atoms with Gasteiger partial charge in [-0.05, 0) is 88.5 Å². The van der Waals surface area contributed by atoms with E-state index in [0.29, 0.717) is 5.78 Å². The molecular formula is C21H26ClNO.